The second-order valence-corrected chi connectivity index (χ2v) is 9.10. The van der Waals surface area contributed by atoms with E-state index in [2.05, 4.69) is 26.6 Å². The molecule has 2 aromatic carbocycles. The molecule has 4 rings (SSSR count). The Kier molecular flexibility index (Phi) is 6.53. The van der Waals surface area contributed by atoms with Crippen LogP contribution in [0, 0.1) is 18.3 Å². The quantitative estimate of drug-likeness (QED) is 0.362. The minimum atomic E-state index is -4.16. The maximum atomic E-state index is 13.2. The van der Waals surface area contributed by atoms with Gasteiger partial charge in [-0.25, -0.2) is 18.4 Å². The minimum Gasteiger partial charge on any atom is -0.480 e. The van der Waals surface area contributed by atoms with Gasteiger partial charge in [0.15, 0.2) is 10.7 Å². The Morgan fingerprint density at radius 3 is 2.60 bits per heavy atom. The maximum absolute atomic E-state index is 13.2. The van der Waals surface area contributed by atoms with E-state index < -0.39 is 10.0 Å². The van der Waals surface area contributed by atoms with Crippen LogP contribution in [0.2, 0.25) is 0 Å². The minimum absolute atomic E-state index is 0.108. The Morgan fingerprint density at radius 1 is 1.11 bits per heavy atom. The number of hydrogen-bond acceptors (Lipinski definition) is 8. The molecular formula is C25H21N5O4S. The van der Waals surface area contributed by atoms with Crippen LogP contribution >= 0.6 is 0 Å². The van der Waals surface area contributed by atoms with Crippen molar-refractivity contribution in [3.8, 4) is 23.3 Å². The third-order valence-corrected chi connectivity index (χ3v) is 6.39. The molecule has 9 nitrogen and oxygen atoms in total. The van der Waals surface area contributed by atoms with Gasteiger partial charge in [0, 0.05) is 5.56 Å². The van der Waals surface area contributed by atoms with Gasteiger partial charge in [-0.2, -0.15) is 5.26 Å². The van der Waals surface area contributed by atoms with E-state index in [-0.39, 0.29) is 27.9 Å². The molecule has 0 bridgehead atoms. The summed E-state index contributed by atoms with van der Waals surface area (Å²) in [4.78, 5) is 8.13. The van der Waals surface area contributed by atoms with Crippen molar-refractivity contribution in [3.05, 3.63) is 90.6 Å². The Bertz CT molecular complexity index is 1540. The van der Waals surface area contributed by atoms with E-state index in [9.17, 15) is 13.7 Å². The van der Waals surface area contributed by atoms with Gasteiger partial charge in [-0.1, -0.05) is 49.0 Å². The van der Waals surface area contributed by atoms with Crippen molar-refractivity contribution in [2.75, 3.05) is 17.1 Å². The molecule has 10 heteroatoms. The molecule has 0 aliphatic rings. The highest BCUT2D eigenvalue weighted by Crippen LogP contribution is 2.30. The normalized spacial score (nSPS) is 10.9. The summed E-state index contributed by atoms with van der Waals surface area (Å²) in [6.45, 7) is 5.64. The molecule has 2 heterocycles. The van der Waals surface area contributed by atoms with Gasteiger partial charge in [0.25, 0.3) is 10.0 Å². The number of para-hydroxylation sites is 1. The Morgan fingerprint density at radius 2 is 1.89 bits per heavy atom. The summed E-state index contributed by atoms with van der Waals surface area (Å²) in [6.07, 6.45) is 2.98. The molecule has 0 saturated heterocycles. The van der Waals surface area contributed by atoms with Crippen molar-refractivity contribution in [2.45, 2.75) is 11.8 Å². The van der Waals surface area contributed by atoms with Crippen LogP contribution in [0.1, 0.15) is 17.0 Å². The summed E-state index contributed by atoms with van der Waals surface area (Å²) < 4.78 is 39.9. The lowest BCUT2D eigenvalue weighted by molar-refractivity contribution is 0.385. The predicted molar refractivity (Wildman–Crippen MR) is 132 cm³/mol. The van der Waals surface area contributed by atoms with Crippen LogP contribution in [0.3, 0.4) is 0 Å². The Balaban J connectivity index is 1.61. The number of nitrogens with zero attached hydrogens (tertiary/aromatic N) is 3. The monoisotopic (exact) mass is 487 g/mol. The number of methoxy groups -OCH3 is 1. The number of nitrogens with one attached hydrogen (secondary N) is 2. The third kappa shape index (κ3) is 5.00. The van der Waals surface area contributed by atoms with Crippen LogP contribution in [-0.4, -0.2) is 25.5 Å². The highest BCUT2D eigenvalue weighted by Gasteiger charge is 2.24. The largest absolute Gasteiger partial charge is 0.480 e. The molecule has 0 radical (unpaired) electrons. The number of ether oxygens (including phenoxy) is 1. The number of aryl methyl sites for hydroxylation is 1. The van der Waals surface area contributed by atoms with Crippen LogP contribution in [0.4, 0.5) is 11.4 Å². The molecular weight excluding hydrogens is 466 g/mol. The van der Waals surface area contributed by atoms with Gasteiger partial charge in [-0.3, -0.25) is 4.72 Å². The smallest absolute Gasteiger partial charge is 0.267 e. The lowest BCUT2D eigenvalue weighted by atomic mass is 10.1. The third-order valence-electron chi connectivity index (χ3n) is 5.05. The summed E-state index contributed by atoms with van der Waals surface area (Å²) in [7, 11) is -2.84. The first kappa shape index (κ1) is 23.5. The molecule has 0 spiro atoms. The molecule has 2 N–H and O–H groups in total. The molecule has 2 aromatic heterocycles. The number of pyridine rings is 1. The van der Waals surface area contributed by atoms with Crippen LogP contribution < -0.4 is 14.8 Å². The van der Waals surface area contributed by atoms with Gasteiger partial charge < -0.3 is 14.5 Å². The molecule has 0 aliphatic heterocycles. The summed E-state index contributed by atoms with van der Waals surface area (Å²) in [5.74, 6) is 0.694. The molecule has 0 atom stereocenters. The van der Waals surface area contributed by atoms with Crippen LogP contribution in [0.15, 0.2) is 82.9 Å². The lowest BCUT2D eigenvalue weighted by Crippen LogP contribution is -2.16. The number of hydrogen-bond donors (Lipinski definition) is 2. The summed E-state index contributed by atoms with van der Waals surface area (Å²) >= 11 is 0. The molecule has 176 valence electrons. The molecule has 0 saturated carbocycles. The van der Waals surface area contributed by atoms with E-state index in [1.54, 1.807) is 25.3 Å². The van der Waals surface area contributed by atoms with Gasteiger partial charge in [-0.15, -0.1) is 0 Å². The molecule has 0 fully saturated rings. The molecule has 4 aromatic rings. The van der Waals surface area contributed by atoms with E-state index in [0.29, 0.717) is 22.7 Å². The zero-order valence-electron chi connectivity index (χ0n) is 18.9. The Hall–Kier alpha value is -4.62. The number of aromatic nitrogens is 2. The first-order chi connectivity index (χ1) is 16.8. The summed E-state index contributed by atoms with van der Waals surface area (Å²) in [5.41, 5.74) is 2.47. The zero-order valence-corrected chi connectivity index (χ0v) is 19.8. The van der Waals surface area contributed by atoms with Crippen molar-refractivity contribution in [1.82, 2.24) is 9.97 Å². The molecule has 0 amide bonds. The van der Waals surface area contributed by atoms with Crippen LogP contribution in [-0.2, 0) is 10.0 Å². The van der Waals surface area contributed by atoms with E-state index >= 15 is 0 Å². The number of nitriles is 1. The lowest BCUT2D eigenvalue weighted by Gasteiger charge is -2.15. The summed E-state index contributed by atoms with van der Waals surface area (Å²) in [6, 6.07) is 17.7. The van der Waals surface area contributed by atoms with Gasteiger partial charge >= 0.3 is 0 Å². The molecule has 0 unspecified atom stereocenters. The highest BCUT2D eigenvalue weighted by molar-refractivity contribution is 7.92. The average molecular weight is 488 g/mol. The fraction of sp³-hybridized carbons (Fsp3) is 0.0800. The van der Waals surface area contributed by atoms with Gasteiger partial charge in [0.05, 0.1) is 42.1 Å². The highest BCUT2D eigenvalue weighted by atomic mass is 32.2. The van der Waals surface area contributed by atoms with Gasteiger partial charge in [0.1, 0.15) is 6.07 Å². The maximum Gasteiger partial charge on any atom is 0.267 e. The van der Waals surface area contributed by atoms with Gasteiger partial charge in [-0.05, 0) is 24.6 Å². The number of benzene rings is 2. The van der Waals surface area contributed by atoms with E-state index in [4.69, 9.17) is 9.15 Å². The fourth-order valence-corrected chi connectivity index (χ4v) is 4.61. The standard InChI is InChI=1S/C25H21N5O4S/c1-16-8-7-11-19(13-26)23(16)30-35(31,32)22-12-20(14-27-25(22)33-3)29-17(2)24-28-15-21(34-24)18-9-5-4-6-10-18/h4-12,14-15,29-30H,2H2,1,3H3. The molecule has 35 heavy (non-hydrogen) atoms. The van der Waals surface area contributed by atoms with E-state index in [1.165, 1.54) is 25.4 Å². The zero-order chi connectivity index (χ0) is 25.0. The second kappa shape index (κ2) is 9.70. The second-order valence-electron chi connectivity index (χ2n) is 7.45. The van der Waals surface area contributed by atoms with E-state index in [0.717, 1.165) is 5.56 Å². The number of sulfonamides is 1. The first-order valence-electron chi connectivity index (χ1n) is 10.4. The number of anilines is 2. The molecule has 0 aliphatic carbocycles. The van der Waals surface area contributed by atoms with Crippen molar-refractivity contribution in [3.63, 3.8) is 0 Å². The van der Waals surface area contributed by atoms with Gasteiger partial charge in [0.2, 0.25) is 11.8 Å². The van der Waals surface area contributed by atoms with E-state index in [1.807, 2.05) is 36.4 Å². The van der Waals surface area contributed by atoms with Crippen LogP contribution in [0.25, 0.3) is 17.0 Å². The van der Waals surface area contributed by atoms with Crippen molar-refractivity contribution < 1.29 is 17.6 Å². The summed E-state index contributed by atoms with van der Waals surface area (Å²) in [5, 5.41) is 12.4. The number of oxazole rings is 1. The average Bonchev–Trinajstić information content (AvgIpc) is 3.36. The first-order valence-corrected chi connectivity index (χ1v) is 11.8. The topological polar surface area (TPSA) is 130 Å². The number of rotatable bonds is 8. The van der Waals surface area contributed by atoms with Crippen LogP contribution in [0.5, 0.6) is 5.88 Å². The predicted octanol–water partition coefficient (Wildman–Crippen LogP) is 4.81. The fourth-order valence-electron chi connectivity index (χ4n) is 3.31. The van der Waals surface area contributed by atoms with Crippen molar-refractivity contribution in [1.29, 1.82) is 5.26 Å². The SMILES string of the molecule is C=C(Nc1cnc(OC)c(S(=O)(=O)Nc2c(C)cccc2C#N)c1)c1ncc(-c2ccccc2)o1. The Labute approximate surface area is 202 Å². The van der Waals surface area contributed by atoms with Crippen molar-refractivity contribution >= 4 is 27.1 Å². The van der Waals surface area contributed by atoms with Crippen molar-refractivity contribution in [2.24, 2.45) is 0 Å².